The summed E-state index contributed by atoms with van der Waals surface area (Å²) in [5.41, 5.74) is -0.685. The van der Waals surface area contributed by atoms with Gasteiger partial charge in [-0.25, -0.2) is 0 Å². The lowest BCUT2D eigenvalue weighted by Crippen LogP contribution is -2.72. The third-order valence-corrected chi connectivity index (χ3v) is 11.1. The van der Waals surface area contributed by atoms with Crippen LogP contribution in [0.3, 0.4) is 0 Å². The van der Waals surface area contributed by atoms with Crippen molar-refractivity contribution in [2.45, 2.75) is 83.8 Å². The highest BCUT2D eigenvalue weighted by Gasteiger charge is 2.58. The van der Waals surface area contributed by atoms with Crippen LogP contribution in [0.5, 0.6) is 0 Å². The predicted octanol–water partition coefficient (Wildman–Crippen LogP) is 2.08. The highest BCUT2D eigenvalue weighted by atomic mass is 32.2. The first kappa shape index (κ1) is 23.6. The molecule has 1 aliphatic rings. The summed E-state index contributed by atoms with van der Waals surface area (Å²) in [6, 6.07) is -0.649. The van der Waals surface area contributed by atoms with Gasteiger partial charge in [-0.2, -0.15) is 8.42 Å². The summed E-state index contributed by atoms with van der Waals surface area (Å²) in [5, 5.41) is 12.2. The van der Waals surface area contributed by atoms with Crippen LogP contribution < -0.4 is 5.11 Å². The largest absolute Gasteiger partial charge is 0.498 e. The fourth-order valence-corrected chi connectivity index (χ4v) is 5.20. The lowest BCUT2D eigenvalue weighted by atomic mass is 9.99. The van der Waals surface area contributed by atoms with Gasteiger partial charge in [-0.1, -0.05) is 20.8 Å². The fourth-order valence-electron chi connectivity index (χ4n) is 3.43. The molecule has 1 fully saturated rings. The van der Waals surface area contributed by atoms with Crippen molar-refractivity contribution in [1.82, 2.24) is 0 Å². The number of nitrogens with zero attached hydrogens (tertiary/aromatic N) is 1. The van der Waals surface area contributed by atoms with Crippen LogP contribution >= 0.6 is 0 Å². The first-order valence-electron chi connectivity index (χ1n) is 8.97. The molecular formula is C17H35NO6SSi. The van der Waals surface area contributed by atoms with Crippen molar-refractivity contribution in [1.29, 1.82) is 0 Å². The Hall–Kier alpha value is -0.483. The normalized spacial score (nSPS) is 28.3. The SMILES string of the molecule is CC(C)(C)[N+]1(C(=O)[O-])CC[C@H](O[Si](C)(C)C(C)(C)C)[C@H]1COS(C)(=O)=O. The van der Waals surface area contributed by atoms with E-state index in [0.29, 0.717) is 13.0 Å². The van der Waals surface area contributed by atoms with Crippen LogP contribution in [0.25, 0.3) is 0 Å². The zero-order valence-corrected chi connectivity index (χ0v) is 19.4. The molecule has 0 spiro atoms. The molecule has 1 aliphatic heterocycles. The number of quaternary nitrogens is 1. The van der Waals surface area contributed by atoms with Crippen molar-refractivity contribution in [2.75, 3.05) is 19.4 Å². The summed E-state index contributed by atoms with van der Waals surface area (Å²) in [6.07, 6.45) is -0.123. The molecule has 1 amide bonds. The number of hydrogen-bond acceptors (Lipinski definition) is 6. The number of rotatable bonds is 5. The number of hydrogen-bond donors (Lipinski definition) is 0. The molecule has 0 aliphatic carbocycles. The minimum Gasteiger partial charge on any atom is -0.498 e. The van der Waals surface area contributed by atoms with E-state index in [-0.39, 0.29) is 16.1 Å². The van der Waals surface area contributed by atoms with Gasteiger partial charge >= 0.3 is 0 Å². The van der Waals surface area contributed by atoms with E-state index in [0.717, 1.165) is 6.26 Å². The van der Waals surface area contributed by atoms with Crippen LogP contribution in [-0.4, -0.2) is 64.4 Å². The van der Waals surface area contributed by atoms with Crippen molar-refractivity contribution in [3.8, 4) is 0 Å². The monoisotopic (exact) mass is 409 g/mol. The molecule has 7 nitrogen and oxygen atoms in total. The number of carbonyl (C=O) groups excluding carboxylic acids is 1. The minimum atomic E-state index is -3.70. The molecule has 26 heavy (non-hydrogen) atoms. The maximum atomic E-state index is 12.2. The quantitative estimate of drug-likeness (QED) is 0.392. The van der Waals surface area contributed by atoms with Crippen molar-refractivity contribution in [3.05, 3.63) is 0 Å². The lowest BCUT2D eigenvalue weighted by Gasteiger charge is -2.50. The number of amides is 1. The average Bonchev–Trinajstić information content (AvgIpc) is 2.72. The van der Waals surface area contributed by atoms with E-state index in [2.05, 4.69) is 33.9 Å². The number of likely N-dealkylation sites (tertiary alicyclic amines) is 1. The second-order valence-corrected chi connectivity index (χ2v) is 16.2. The molecule has 0 N–H and O–H groups in total. The van der Waals surface area contributed by atoms with Gasteiger partial charge in [-0.05, 0) is 38.9 Å². The summed E-state index contributed by atoms with van der Waals surface area (Å²) in [7, 11) is -5.87. The number of carboxylic acid groups (broad SMARTS) is 1. The van der Waals surface area contributed by atoms with Gasteiger partial charge in [0, 0.05) is 6.42 Å². The summed E-state index contributed by atoms with van der Waals surface area (Å²) < 4.78 is 34.3. The molecule has 1 rings (SSSR count). The molecule has 1 heterocycles. The topological polar surface area (TPSA) is 92.7 Å². The lowest BCUT2D eigenvalue weighted by molar-refractivity contribution is -0.931. The summed E-state index contributed by atoms with van der Waals surface area (Å²) in [5.74, 6) is 0. The Labute approximate surface area is 159 Å². The maximum absolute atomic E-state index is 12.2. The van der Waals surface area contributed by atoms with Gasteiger partial charge < -0.3 is 14.3 Å². The standard InChI is InChI=1S/C17H35NO6SSi/c1-16(2,3)18(15(19)20)11-10-14(13(18)12-23-25(7,21)22)24-26(8,9)17(4,5)6/h13-14H,10-12H2,1-9H3/t13-,14+,18?/m1/s1. The summed E-state index contributed by atoms with van der Waals surface area (Å²) in [6.45, 7) is 16.1. The Morgan fingerprint density at radius 1 is 1.19 bits per heavy atom. The van der Waals surface area contributed by atoms with E-state index in [4.69, 9.17) is 8.61 Å². The fraction of sp³-hybridized carbons (Fsp3) is 0.941. The Balaban J connectivity index is 3.33. The van der Waals surface area contributed by atoms with Crippen LogP contribution in [0, 0.1) is 0 Å². The third-order valence-electron chi connectivity index (χ3n) is 5.99. The zero-order chi connectivity index (χ0) is 20.8. The second-order valence-electron chi connectivity index (χ2n) is 9.79. The van der Waals surface area contributed by atoms with Crippen LogP contribution in [0.4, 0.5) is 4.79 Å². The van der Waals surface area contributed by atoms with Crippen molar-refractivity contribution in [2.24, 2.45) is 0 Å². The average molecular weight is 410 g/mol. The Kier molecular flexibility index (Phi) is 6.49. The minimum absolute atomic E-state index is 0.0449. The van der Waals surface area contributed by atoms with Crippen LogP contribution in [0.2, 0.25) is 18.1 Å². The molecule has 0 radical (unpaired) electrons. The van der Waals surface area contributed by atoms with E-state index in [1.807, 2.05) is 20.8 Å². The smallest absolute Gasteiger partial charge is 0.264 e. The van der Waals surface area contributed by atoms with Gasteiger partial charge in [-0.15, -0.1) is 0 Å². The Bertz CT molecular complexity index is 635. The Morgan fingerprint density at radius 2 is 1.69 bits per heavy atom. The summed E-state index contributed by atoms with van der Waals surface area (Å²) in [4.78, 5) is 12.2. The molecule has 0 bridgehead atoms. The molecule has 0 aromatic heterocycles. The van der Waals surface area contributed by atoms with E-state index in [1.54, 1.807) is 0 Å². The Morgan fingerprint density at radius 3 is 2.04 bits per heavy atom. The number of carbonyl (C=O) groups is 1. The maximum Gasteiger partial charge on any atom is 0.264 e. The van der Waals surface area contributed by atoms with Gasteiger partial charge in [-0.3, -0.25) is 8.67 Å². The molecule has 1 unspecified atom stereocenters. The van der Waals surface area contributed by atoms with E-state index in [9.17, 15) is 18.3 Å². The van der Waals surface area contributed by atoms with Gasteiger partial charge in [0.15, 0.2) is 8.32 Å². The van der Waals surface area contributed by atoms with Gasteiger partial charge in [0.05, 0.1) is 18.3 Å². The van der Waals surface area contributed by atoms with Gasteiger partial charge in [0.1, 0.15) is 18.8 Å². The summed E-state index contributed by atoms with van der Waals surface area (Å²) >= 11 is 0. The first-order valence-corrected chi connectivity index (χ1v) is 13.7. The highest BCUT2D eigenvalue weighted by molar-refractivity contribution is 7.85. The predicted molar refractivity (Wildman–Crippen MR) is 102 cm³/mol. The van der Waals surface area contributed by atoms with Crippen LogP contribution in [0.15, 0.2) is 0 Å². The molecule has 0 aromatic carbocycles. The molecule has 3 atom stereocenters. The molecule has 0 aromatic rings. The highest BCUT2D eigenvalue weighted by Crippen LogP contribution is 2.43. The van der Waals surface area contributed by atoms with E-state index in [1.165, 1.54) is 0 Å². The van der Waals surface area contributed by atoms with Crippen LogP contribution in [-0.2, 0) is 18.7 Å². The molecule has 1 saturated heterocycles. The molecular weight excluding hydrogens is 374 g/mol. The van der Waals surface area contributed by atoms with Crippen LogP contribution in [0.1, 0.15) is 48.0 Å². The van der Waals surface area contributed by atoms with Crippen molar-refractivity contribution >= 4 is 24.5 Å². The van der Waals surface area contributed by atoms with Crippen molar-refractivity contribution in [3.63, 3.8) is 0 Å². The molecule has 154 valence electrons. The molecule has 0 saturated carbocycles. The van der Waals surface area contributed by atoms with Gasteiger partial charge in [0.2, 0.25) is 0 Å². The third kappa shape index (κ3) is 4.67. The first-order chi connectivity index (χ1) is 11.4. The van der Waals surface area contributed by atoms with E-state index >= 15 is 0 Å². The van der Waals surface area contributed by atoms with E-state index < -0.39 is 42.2 Å². The van der Waals surface area contributed by atoms with Gasteiger partial charge in [0.25, 0.3) is 16.2 Å². The second kappa shape index (κ2) is 7.16. The zero-order valence-electron chi connectivity index (χ0n) is 17.6. The van der Waals surface area contributed by atoms with Crippen molar-refractivity contribution < 1.29 is 31.4 Å². The molecule has 9 heteroatoms.